The molecule has 0 radical (unpaired) electrons. The SMILES string of the molecule is Cn1cc2ccc(-c3nc(-c4ccccc4)cn4c(O)c(Cc5ccco5)nc34)cc2n1. The van der Waals surface area contributed by atoms with Crippen LogP contribution in [0.2, 0.25) is 0 Å². The van der Waals surface area contributed by atoms with Gasteiger partial charge in [0.15, 0.2) is 5.65 Å². The van der Waals surface area contributed by atoms with Crippen molar-refractivity contribution >= 4 is 16.6 Å². The minimum absolute atomic E-state index is 0.0798. The summed E-state index contributed by atoms with van der Waals surface area (Å²) < 4.78 is 8.95. The normalized spacial score (nSPS) is 11.5. The van der Waals surface area contributed by atoms with Gasteiger partial charge in [-0.2, -0.15) is 5.10 Å². The first-order valence-electron chi connectivity index (χ1n) is 10.3. The van der Waals surface area contributed by atoms with Crippen LogP contribution in [-0.2, 0) is 13.5 Å². The molecule has 6 aromatic rings. The van der Waals surface area contributed by atoms with E-state index in [2.05, 4.69) is 5.10 Å². The second-order valence-electron chi connectivity index (χ2n) is 7.75. The third-order valence-electron chi connectivity index (χ3n) is 5.54. The Kier molecular flexibility index (Phi) is 4.07. The van der Waals surface area contributed by atoms with Crippen LogP contribution in [0.4, 0.5) is 0 Å². The molecule has 0 bridgehead atoms. The van der Waals surface area contributed by atoms with Crippen molar-refractivity contribution < 1.29 is 9.52 Å². The Morgan fingerprint density at radius 2 is 1.81 bits per heavy atom. The maximum atomic E-state index is 11.0. The van der Waals surface area contributed by atoms with Crippen LogP contribution < -0.4 is 0 Å². The molecule has 0 saturated heterocycles. The number of aromatic hydroxyl groups is 1. The van der Waals surface area contributed by atoms with E-state index in [1.54, 1.807) is 15.3 Å². The van der Waals surface area contributed by atoms with Crippen molar-refractivity contribution in [1.29, 1.82) is 0 Å². The third kappa shape index (κ3) is 3.02. The van der Waals surface area contributed by atoms with Crippen molar-refractivity contribution in [2.75, 3.05) is 0 Å². The zero-order valence-corrected chi connectivity index (χ0v) is 17.3. The molecular formula is C25H19N5O2. The molecule has 6 rings (SSSR count). The summed E-state index contributed by atoms with van der Waals surface area (Å²) in [6.45, 7) is 0. The summed E-state index contributed by atoms with van der Waals surface area (Å²) in [4.78, 5) is 9.70. The Hall–Kier alpha value is -4.39. The highest BCUT2D eigenvalue weighted by Gasteiger charge is 2.19. The molecule has 4 heterocycles. The quantitative estimate of drug-likeness (QED) is 0.441. The first-order valence-corrected chi connectivity index (χ1v) is 10.3. The van der Waals surface area contributed by atoms with Crippen LogP contribution in [0, 0.1) is 0 Å². The molecule has 0 fully saturated rings. The maximum Gasteiger partial charge on any atom is 0.219 e. The highest BCUT2D eigenvalue weighted by molar-refractivity contribution is 5.87. The molecule has 0 aliphatic carbocycles. The van der Waals surface area contributed by atoms with Gasteiger partial charge in [0.1, 0.15) is 17.1 Å². The molecule has 0 atom stereocenters. The fourth-order valence-corrected chi connectivity index (χ4v) is 4.01. The van der Waals surface area contributed by atoms with Gasteiger partial charge in [-0.15, -0.1) is 0 Å². The molecule has 0 aliphatic heterocycles. The molecule has 4 aromatic heterocycles. The van der Waals surface area contributed by atoms with Gasteiger partial charge in [0.2, 0.25) is 5.88 Å². The van der Waals surface area contributed by atoms with Gasteiger partial charge in [-0.3, -0.25) is 9.08 Å². The van der Waals surface area contributed by atoms with E-state index < -0.39 is 0 Å². The van der Waals surface area contributed by atoms with E-state index in [1.807, 2.05) is 80.1 Å². The van der Waals surface area contributed by atoms with Crippen LogP contribution in [0.3, 0.4) is 0 Å². The molecule has 32 heavy (non-hydrogen) atoms. The van der Waals surface area contributed by atoms with Gasteiger partial charge in [-0.25, -0.2) is 9.97 Å². The summed E-state index contributed by atoms with van der Waals surface area (Å²) >= 11 is 0. The minimum atomic E-state index is 0.0798. The molecule has 156 valence electrons. The number of rotatable bonds is 4. The van der Waals surface area contributed by atoms with Crippen molar-refractivity contribution in [2.45, 2.75) is 6.42 Å². The molecule has 0 saturated carbocycles. The predicted octanol–water partition coefficient (Wildman–Crippen LogP) is 4.84. The summed E-state index contributed by atoms with van der Waals surface area (Å²) in [5.74, 6) is 0.813. The van der Waals surface area contributed by atoms with E-state index in [9.17, 15) is 5.11 Å². The van der Waals surface area contributed by atoms with Crippen molar-refractivity contribution in [3.8, 4) is 28.4 Å². The zero-order chi connectivity index (χ0) is 21.7. The molecule has 1 N–H and O–H groups in total. The van der Waals surface area contributed by atoms with Gasteiger partial charge in [0.05, 0.1) is 23.9 Å². The summed E-state index contributed by atoms with van der Waals surface area (Å²) in [6, 6.07) is 19.6. The van der Waals surface area contributed by atoms with Crippen molar-refractivity contribution in [2.24, 2.45) is 7.05 Å². The second kappa shape index (κ2) is 7.09. The first kappa shape index (κ1) is 18.4. The average molecular weight is 421 g/mol. The summed E-state index contributed by atoms with van der Waals surface area (Å²) in [5, 5.41) is 16.6. The lowest BCUT2D eigenvalue weighted by atomic mass is 10.1. The Balaban J connectivity index is 1.60. The lowest BCUT2D eigenvalue weighted by Gasteiger charge is -2.08. The Morgan fingerprint density at radius 3 is 2.62 bits per heavy atom. The van der Waals surface area contributed by atoms with E-state index in [0.717, 1.165) is 33.5 Å². The van der Waals surface area contributed by atoms with Crippen LogP contribution in [0.5, 0.6) is 5.88 Å². The molecule has 0 aliphatic rings. The molecule has 0 spiro atoms. The Bertz CT molecular complexity index is 1560. The van der Waals surface area contributed by atoms with Gasteiger partial charge >= 0.3 is 0 Å². The predicted molar refractivity (Wildman–Crippen MR) is 121 cm³/mol. The maximum absolute atomic E-state index is 11.0. The monoisotopic (exact) mass is 421 g/mol. The highest BCUT2D eigenvalue weighted by atomic mass is 16.3. The van der Waals surface area contributed by atoms with Gasteiger partial charge in [-0.1, -0.05) is 42.5 Å². The fraction of sp³-hybridized carbons (Fsp3) is 0.0800. The molecular weight excluding hydrogens is 402 g/mol. The third-order valence-corrected chi connectivity index (χ3v) is 5.54. The van der Waals surface area contributed by atoms with Gasteiger partial charge in [0.25, 0.3) is 0 Å². The van der Waals surface area contributed by atoms with E-state index in [1.165, 1.54) is 0 Å². The number of aromatic nitrogens is 5. The van der Waals surface area contributed by atoms with Crippen LogP contribution in [-0.4, -0.2) is 29.3 Å². The summed E-state index contributed by atoms with van der Waals surface area (Å²) in [7, 11) is 1.90. The zero-order valence-electron chi connectivity index (χ0n) is 17.3. The highest BCUT2D eigenvalue weighted by Crippen LogP contribution is 2.32. The van der Waals surface area contributed by atoms with Crippen molar-refractivity contribution in [3.05, 3.63) is 90.8 Å². The van der Waals surface area contributed by atoms with Crippen molar-refractivity contribution in [3.63, 3.8) is 0 Å². The van der Waals surface area contributed by atoms with Crippen LogP contribution >= 0.6 is 0 Å². The van der Waals surface area contributed by atoms with E-state index in [0.29, 0.717) is 23.5 Å². The number of fused-ring (bicyclic) bond motifs is 2. The molecule has 0 unspecified atom stereocenters. The number of furan rings is 1. The second-order valence-corrected chi connectivity index (χ2v) is 7.75. The molecule has 7 nitrogen and oxygen atoms in total. The minimum Gasteiger partial charge on any atom is -0.493 e. The average Bonchev–Trinajstić information content (AvgIpc) is 3.53. The smallest absolute Gasteiger partial charge is 0.219 e. The summed E-state index contributed by atoms with van der Waals surface area (Å²) in [6.07, 6.45) is 5.80. The molecule has 0 amide bonds. The Morgan fingerprint density at radius 1 is 0.938 bits per heavy atom. The number of hydrogen-bond donors (Lipinski definition) is 1. The van der Waals surface area contributed by atoms with E-state index in [4.69, 9.17) is 14.4 Å². The largest absolute Gasteiger partial charge is 0.493 e. The molecule has 2 aromatic carbocycles. The Labute approximate surface area is 183 Å². The van der Waals surface area contributed by atoms with Crippen molar-refractivity contribution in [1.82, 2.24) is 24.1 Å². The van der Waals surface area contributed by atoms with Gasteiger partial charge < -0.3 is 9.52 Å². The standard InChI is InChI=1S/C25H19N5O2/c1-29-14-18-10-9-17(12-20(18)28-29)23-24-27-21(13-19-8-5-11-32-19)25(31)30(24)15-22(26-23)16-6-3-2-4-7-16/h2-12,14-15,31H,13H2,1H3. The lowest BCUT2D eigenvalue weighted by molar-refractivity contribution is 0.438. The fourth-order valence-electron chi connectivity index (χ4n) is 4.01. The lowest BCUT2D eigenvalue weighted by Crippen LogP contribution is -1.96. The number of benzene rings is 2. The number of hydrogen-bond acceptors (Lipinski definition) is 5. The number of nitrogens with zero attached hydrogens (tertiary/aromatic N) is 5. The van der Waals surface area contributed by atoms with Crippen LogP contribution in [0.25, 0.3) is 39.1 Å². The van der Waals surface area contributed by atoms with Gasteiger partial charge in [0, 0.05) is 36.0 Å². The first-order chi connectivity index (χ1) is 15.7. The van der Waals surface area contributed by atoms with Crippen LogP contribution in [0.1, 0.15) is 11.5 Å². The number of aryl methyl sites for hydroxylation is 1. The van der Waals surface area contributed by atoms with Gasteiger partial charge in [-0.05, 0) is 18.2 Å². The van der Waals surface area contributed by atoms with Crippen LogP contribution in [0.15, 0.2) is 83.7 Å². The summed E-state index contributed by atoms with van der Waals surface area (Å²) in [5.41, 5.74) is 5.25. The number of imidazole rings is 1. The molecule has 7 heteroatoms. The van der Waals surface area contributed by atoms with E-state index >= 15 is 0 Å². The van der Waals surface area contributed by atoms with E-state index in [-0.39, 0.29) is 5.88 Å². The topological polar surface area (TPSA) is 81.4 Å².